The van der Waals surface area contributed by atoms with Gasteiger partial charge in [-0.1, -0.05) is 23.7 Å². The molecule has 0 amide bonds. The molecule has 1 aromatic rings. The van der Waals surface area contributed by atoms with Crippen LogP contribution in [0.3, 0.4) is 0 Å². The fourth-order valence-electron chi connectivity index (χ4n) is 1.98. The fourth-order valence-corrected chi connectivity index (χ4v) is 2.11. The molecule has 0 aliphatic carbocycles. The molecule has 1 aliphatic rings. The summed E-state index contributed by atoms with van der Waals surface area (Å²) in [5, 5.41) is 12.4. The maximum atomic E-state index is 11.6. The van der Waals surface area contributed by atoms with Crippen LogP contribution in [0, 0.1) is 0 Å². The van der Waals surface area contributed by atoms with Gasteiger partial charge < -0.3 is 15.2 Å². The molecule has 1 aliphatic heterocycles. The lowest BCUT2D eigenvalue weighted by Gasteiger charge is -2.09. The molecule has 2 N–H and O–H groups in total. The summed E-state index contributed by atoms with van der Waals surface area (Å²) in [7, 11) is 0. The van der Waals surface area contributed by atoms with Gasteiger partial charge in [0.25, 0.3) is 0 Å². The van der Waals surface area contributed by atoms with Crippen LogP contribution in [-0.2, 0) is 9.53 Å². The monoisotopic (exact) mass is 269 g/mol. The maximum Gasteiger partial charge on any atom is 0.323 e. The summed E-state index contributed by atoms with van der Waals surface area (Å²) >= 11 is 5.82. The number of esters is 1. The van der Waals surface area contributed by atoms with Crippen molar-refractivity contribution in [3.63, 3.8) is 0 Å². The molecule has 1 heterocycles. The zero-order chi connectivity index (χ0) is 13.0. The molecule has 4 nitrogen and oxygen atoms in total. The summed E-state index contributed by atoms with van der Waals surface area (Å²) in [4.78, 5) is 11.6. The van der Waals surface area contributed by atoms with Crippen molar-refractivity contribution < 1.29 is 14.6 Å². The third-order valence-electron chi connectivity index (χ3n) is 2.96. The number of hydrogen-bond donors (Lipinski definition) is 2. The average Bonchev–Trinajstić information content (AvgIpc) is 2.72. The Labute approximate surface area is 111 Å². The van der Waals surface area contributed by atoms with Gasteiger partial charge in [0.15, 0.2) is 0 Å². The van der Waals surface area contributed by atoms with E-state index in [9.17, 15) is 4.79 Å². The Balaban J connectivity index is 1.93. The van der Waals surface area contributed by atoms with E-state index in [0.29, 0.717) is 24.4 Å². The molecule has 1 fully saturated rings. The van der Waals surface area contributed by atoms with Crippen LogP contribution in [0.1, 0.15) is 24.5 Å². The minimum absolute atomic E-state index is 0.120. The second kappa shape index (κ2) is 6.18. The number of carbonyl (C=O) groups excluding carboxylic acids is 1. The second-order valence-corrected chi connectivity index (χ2v) is 4.73. The van der Waals surface area contributed by atoms with Crippen LogP contribution >= 0.6 is 11.6 Å². The van der Waals surface area contributed by atoms with Crippen LogP contribution in [0.2, 0.25) is 5.02 Å². The highest BCUT2D eigenvalue weighted by molar-refractivity contribution is 6.30. The molecule has 18 heavy (non-hydrogen) atoms. The predicted molar refractivity (Wildman–Crippen MR) is 68.4 cm³/mol. The minimum Gasteiger partial charge on any atom is -0.456 e. The Morgan fingerprint density at radius 1 is 1.39 bits per heavy atom. The third kappa shape index (κ3) is 3.22. The van der Waals surface area contributed by atoms with Crippen molar-refractivity contribution in [1.82, 2.24) is 5.32 Å². The Hall–Kier alpha value is -1.10. The van der Waals surface area contributed by atoms with Crippen molar-refractivity contribution in [1.29, 1.82) is 0 Å². The number of halogens is 1. The van der Waals surface area contributed by atoms with Gasteiger partial charge in [0, 0.05) is 18.1 Å². The zero-order valence-corrected chi connectivity index (χ0v) is 10.7. The van der Waals surface area contributed by atoms with E-state index in [0.717, 1.165) is 5.56 Å². The van der Waals surface area contributed by atoms with Gasteiger partial charge in [0.2, 0.25) is 0 Å². The highest BCUT2D eigenvalue weighted by Gasteiger charge is 2.34. The van der Waals surface area contributed by atoms with E-state index in [1.54, 1.807) is 12.1 Å². The first-order valence-corrected chi connectivity index (χ1v) is 6.38. The molecule has 1 saturated heterocycles. The molecule has 2 unspecified atom stereocenters. The summed E-state index contributed by atoms with van der Waals surface area (Å²) in [6.45, 7) is 0.735. The number of hydrogen-bond acceptors (Lipinski definition) is 4. The summed E-state index contributed by atoms with van der Waals surface area (Å²) < 4.78 is 5.32. The van der Waals surface area contributed by atoms with E-state index in [4.69, 9.17) is 21.4 Å². The standard InChI is InChI=1S/C13H16ClNO3/c14-10-4-2-9(3-5-10)12-8-11(13(17)18-12)15-6-1-7-16/h2-5,11-12,15-16H,1,6-8H2. The maximum absolute atomic E-state index is 11.6. The summed E-state index contributed by atoms with van der Waals surface area (Å²) in [5.74, 6) is -0.229. The molecule has 98 valence electrons. The molecular weight excluding hydrogens is 254 g/mol. The molecule has 0 aromatic heterocycles. The number of benzene rings is 1. The molecule has 1 aromatic carbocycles. The van der Waals surface area contributed by atoms with Crippen LogP contribution < -0.4 is 5.32 Å². The second-order valence-electron chi connectivity index (χ2n) is 4.30. The van der Waals surface area contributed by atoms with Crippen LogP contribution in [0.4, 0.5) is 0 Å². The molecule has 2 rings (SSSR count). The Morgan fingerprint density at radius 2 is 2.11 bits per heavy atom. The van der Waals surface area contributed by atoms with E-state index in [1.807, 2.05) is 12.1 Å². The SMILES string of the molecule is O=C1OC(c2ccc(Cl)cc2)CC1NCCCO. The first kappa shape index (κ1) is 13.3. The number of aliphatic hydroxyl groups excluding tert-OH is 1. The fraction of sp³-hybridized carbons (Fsp3) is 0.462. The number of cyclic esters (lactones) is 1. The lowest BCUT2D eigenvalue weighted by molar-refractivity contribution is -0.143. The van der Waals surface area contributed by atoms with Crippen molar-refractivity contribution in [2.75, 3.05) is 13.2 Å². The predicted octanol–water partition coefficient (Wildman–Crippen LogP) is 1.67. The van der Waals surface area contributed by atoms with Gasteiger partial charge in [-0.25, -0.2) is 0 Å². The first-order valence-electron chi connectivity index (χ1n) is 6.01. The molecule has 0 spiro atoms. The molecule has 0 radical (unpaired) electrons. The minimum atomic E-state index is -0.280. The molecular formula is C13H16ClNO3. The van der Waals surface area contributed by atoms with Crippen LogP contribution in [0.25, 0.3) is 0 Å². The number of rotatable bonds is 5. The highest BCUT2D eigenvalue weighted by Crippen LogP contribution is 2.30. The summed E-state index contributed by atoms with van der Waals surface area (Å²) in [5.41, 5.74) is 0.958. The summed E-state index contributed by atoms with van der Waals surface area (Å²) in [6.07, 6.45) is 1.04. The Kier molecular flexibility index (Phi) is 4.58. The third-order valence-corrected chi connectivity index (χ3v) is 3.21. The number of ether oxygens (including phenoxy) is 1. The van der Waals surface area contributed by atoms with E-state index >= 15 is 0 Å². The lowest BCUT2D eigenvalue weighted by atomic mass is 10.0. The van der Waals surface area contributed by atoms with Crippen LogP contribution in [-0.4, -0.2) is 30.3 Å². The van der Waals surface area contributed by atoms with Crippen molar-refractivity contribution in [2.45, 2.75) is 25.0 Å². The Bertz CT molecular complexity index is 407. The average molecular weight is 270 g/mol. The molecule has 0 bridgehead atoms. The van der Waals surface area contributed by atoms with Crippen molar-refractivity contribution in [3.05, 3.63) is 34.9 Å². The van der Waals surface area contributed by atoms with E-state index in [2.05, 4.69) is 5.32 Å². The van der Waals surface area contributed by atoms with Gasteiger partial charge >= 0.3 is 5.97 Å². The Morgan fingerprint density at radius 3 is 2.78 bits per heavy atom. The number of aliphatic hydroxyl groups is 1. The largest absolute Gasteiger partial charge is 0.456 e. The normalized spacial score (nSPS) is 23.1. The van der Waals surface area contributed by atoms with Gasteiger partial charge in [-0.15, -0.1) is 0 Å². The quantitative estimate of drug-likeness (QED) is 0.631. The summed E-state index contributed by atoms with van der Waals surface area (Å²) in [6, 6.07) is 7.04. The van der Waals surface area contributed by atoms with E-state index in [1.165, 1.54) is 0 Å². The number of nitrogens with one attached hydrogen (secondary N) is 1. The molecule has 2 atom stereocenters. The van der Waals surface area contributed by atoms with Crippen molar-refractivity contribution >= 4 is 17.6 Å². The van der Waals surface area contributed by atoms with E-state index < -0.39 is 0 Å². The topological polar surface area (TPSA) is 58.6 Å². The van der Waals surface area contributed by atoms with Gasteiger partial charge in [-0.3, -0.25) is 4.79 Å². The lowest BCUT2D eigenvalue weighted by Crippen LogP contribution is -2.33. The van der Waals surface area contributed by atoms with Gasteiger partial charge in [0.1, 0.15) is 12.1 Å². The first-order chi connectivity index (χ1) is 8.70. The van der Waals surface area contributed by atoms with Gasteiger partial charge in [-0.2, -0.15) is 0 Å². The van der Waals surface area contributed by atoms with Crippen LogP contribution in [0.5, 0.6) is 0 Å². The molecule has 0 saturated carbocycles. The number of carbonyl (C=O) groups is 1. The smallest absolute Gasteiger partial charge is 0.323 e. The van der Waals surface area contributed by atoms with E-state index in [-0.39, 0.29) is 24.7 Å². The van der Waals surface area contributed by atoms with Crippen LogP contribution in [0.15, 0.2) is 24.3 Å². The highest BCUT2D eigenvalue weighted by atomic mass is 35.5. The van der Waals surface area contributed by atoms with Crippen molar-refractivity contribution in [3.8, 4) is 0 Å². The van der Waals surface area contributed by atoms with Crippen molar-refractivity contribution in [2.24, 2.45) is 0 Å². The van der Waals surface area contributed by atoms with Gasteiger partial charge in [-0.05, 0) is 30.7 Å². The molecule has 5 heteroatoms. The van der Waals surface area contributed by atoms with Gasteiger partial charge in [0.05, 0.1) is 0 Å². The zero-order valence-electron chi connectivity index (χ0n) is 9.93.